The second-order valence-corrected chi connectivity index (χ2v) is 7.01. The Balaban J connectivity index is 2.57. The summed E-state index contributed by atoms with van der Waals surface area (Å²) in [7, 11) is 0. The number of hydrogen-bond acceptors (Lipinski definition) is 5. The molecule has 5 nitrogen and oxygen atoms in total. The minimum atomic E-state index is -0.724. The third-order valence-corrected chi connectivity index (χ3v) is 3.61. The fraction of sp³-hybridized carbons (Fsp3) is 0.550. The molecule has 1 aromatic rings. The molecular weight excluding hydrogens is 320 g/mol. The molecule has 0 aliphatic rings. The zero-order valence-corrected chi connectivity index (χ0v) is 15.8. The second kappa shape index (κ2) is 9.35. The van der Waals surface area contributed by atoms with E-state index in [1.807, 2.05) is 12.1 Å². The zero-order valence-electron chi connectivity index (χ0n) is 15.8. The van der Waals surface area contributed by atoms with Crippen LogP contribution in [0.4, 0.5) is 0 Å². The van der Waals surface area contributed by atoms with Gasteiger partial charge in [0.15, 0.2) is 0 Å². The van der Waals surface area contributed by atoms with Gasteiger partial charge in [0, 0.05) is 0 Å². The van der Waals surface area contributed by atoms with E-state index in [1.54, 1.807) is 39.8 Å². The van der Waals surface area contributed by atoms with E-state index in [4.69, 9.17) is 9.47 Å². The van der Waals surface area contributed by atoms with E-state index in [2.05, 4.69) is 0 Å². The first-order valence-corrected chi connectivity index (χ1v) is 8.63. The van der Waals surface area contributed by atoms with E-state index in [9.17, 15) is 14.4 Å². The molecule has 1 rings (SSSR count). The lowest BCUT2D eigenvalue weighted by molar-refractivity contribution is -0.162. The first-order valence-electron chi connectivity index (χ1n) is 8.63. The Kier molecular flexibility index (Phi) is 7.81. The molecule has 0 aliphatic heterocycles. The van der Waals surface area contributed by atoms with Gasteiger partial charge in [0.2, 0.25) is 0 Å². The molecule has 1 aromatic carbocycles. The summed E-state index contributed by atoms with van der Waals surface area (Å²) in [5.74, 6) is -1.70. The fourth-order valence-electron chi connectivity index (χ4n) is 2.39. The van der Waals surface area contributed by atoms with Gasteiger partial charge < -0.3 is 9.47 Å². The Morgan fingerprint density at radius 3 is 2.16 bits per heavy atom. The van der Waals surface area contributed by atoms with Crippen molar-refractivity contribution in [2.45, 2.75) is 59.5 Å². The number of hydrogen-bond donors (Lipinski definition) is 0. The van der Waals surface area contributed by atoms with Gasteiger partial charge in [-0.2, -0.15) is 0 Å². The smallest absolute Gasteiger partial charge is 0.338 e. The third-order valence-electron chi connectivity index (χ3n) is 3.61. The van der Waals surface area contributed by atoms with Crippen LogP contribution in [0, 0.1) is 5.92 Å². The van der Waals surface area contributed by atoms with Crippen LogP contribution in [0.1, 0.15) is 63.4 Å². The van der Waals surface area contributed by atoms with Crippen LogP contribution in [0.15, 0.2) is 24.3 Å². The van der Waals surface area contributed by atoms with E-state index in [0.29, 0.717) is 25.0 Å². The number of Topliss-reactive ketones (excluding diaryl/α,β-unsaturated/α-hetero) is 1. The summed E-state index contributed by atoms with van der Waals surface area (Å²) in [6.07, 6.45) is 1.85. The summed E-state index contributed by atoms with van der Waals surface area (Å²) in [5.41, 5.74) is 0.953. The molecule has 1 atom stereocenters. The molecule has 0 aliphatic carbocycles. The van der Waals surface area contributed by atoms with Gasteiger partial charge in [-0.05, 0) is 71.6 Å². The second-order valence-electron chi connectivity index (χ2n) is 7.01. The predicted octanol–water partition coefficient (Wildman–Crippen LogP) is 3.73. The van der Waals surface area contributed by atoms with Crippen LogP contribution in [-0.4, -0.2) is 29.9 Å². The quantitative estimate of drug-likeness (QED) is 0.529. The van der Waals surface area contributed by atoms with Crippen molar-refractivity contribution in [2.24, 2.45) is 5.92 Å². The lowest BCUT2D eigenvalue weighted by atomic mass is 9.96. The van der Waals surface area contributed by atoms with Crippen LogP contribution in [0.25, 0.3) is 0 Å². The van der Waals surface area contributed by atoms with Gasteiger partial charge in [-0.1, -0.05) is 12.1 Å². The Labute approximate surface area is 149 Å². The number of carbonyl (C=O) groups is 3. The highest BCUT2D eigenvalue weighted by Crippen LogP contribution is 2.18. The lowest BCUT2D eigenvalue weighted by Gasteiger charge is -2.22. The molecule has 0 N–H and O–H groups in total. The first kappa shape index (κ1) is 20.9. The molecule has 5 heteroatoms. The maximum Gasteiger partial charge on any atom is 0.338 e. The molecule has 0 aromatic heterocycles. The van der Waals surface area contributed by atoms with E-state index in [-0.39, 0.29) is 11.8 Å². The molecule has 25 heavy (non-hydrogen) atoms. The summed E-state index contributed by atoms with van der Waals surface area (Å²) in [6.45, 7) is 8.89. The summed E-state index contributed by atoms with van der Waals surface area (Å²) in [5, 5.41) is 0. The van der Waals surface area contributed by atoms with Crippen LogP contribution in [-0.2, 0) is 25.5 Å². The molecular formula is C20H28O5. The number of aryl methyl sites for hydroxylation is 1. The average Bonchev–Trinajstić information content (AvgIpc) is 2.50. The average molecular weight is 348 g/mol. The summed E-state index contributed by atoms with van der Waals surface area (Å²) < 4.78 is 10.3. The predicted molar refractivity (Wildman–Crippen MR) is 95.4 cm³/mol. The van der Waals surface area contributed by atoms with Crippen molar-refractivity contribution in [3.05, 3.63) is 35.4 Å². The molecule has 1 unspecified atom stereocenters. The van der Waals surface area contributed by atoms with Crippen molar-refractivity contribution in [3.63, 3.8) is 0 Å². The summed E-state index contributed by atoms with van der Waals surface area (Å²) in [6, 6.07) is 7.18. The maximum absolute atomic E-state index is 12.1. The van der Waals surface area contributed by atoms with Crippen LogP contribution in [0.5, 0.6) is 0 Å². The Hall–Kier alpha value is -2.17. The van der Waals surface area contributed by atoms with Gasteiger partial charge in [0.25, 0.3) is 0 Å². The summed E-state index contributed by atoms with van der Waals surface area (Å²) in [4.78, 5) is 35.5. The molecule has 0 heterocycles. The molecule has 0 fully saturated rings. The van der Waals surface area contributed by atoms with Gasteiger partial charge in [-0.15, -0.1) is 0 Å². The van der Waals surface area contributed by atoms with Crippen molar-refractivity contribution < 1.29 is 23.9 Å². The molecule has 138 valence electrons. The highest BCUT2D eigenvalue weighted by atomic mass is 16.6. The number of ether oxygens (including phenoxy) is 2. The fourth-order valence-corrected chi connectivity index (χ4v) is 2.39. The molecule has 0 bridgehead atoms. The lowest BCUT2D eigenvalue weighted by Crippen LogP contribution is -2.32. The van der Waals surface area contributed by atoms with Crippen molar-refractivity contribution in [1.29, 1.82) is 0 Å². The Bertz CT molecular complexity index is 596. The Morgan fingerprint density at radius 1 is 1.08 bits per heavy atom. The van der Waals surface area contributed by atoms with Crippen LogP contribution in [0.3, 0.4) is 0 Å². The van der Waals surface area contributed by atoms with Crippen molar-refractivity contribution in [3.8, 4) is 0 Å². The van der Waals surface area contributed by atoms with E-state index in [0.717, 1.165) is 12.0 Å². The highest BCUT2D eigenvalue weighted by Gasteiger charge is 2.28. The maximum atomic E-state index is 12.1. The van der Waals surface area contributed by atoms with Gasteiger partial charge in [0.05, 0.1) is 12.2 Å². The van der Waals surface area contributed by atoms with Gasteiger partial charge in [-0.25, -0.2) is 4.79 Å². The Morgan fingerprint density at radius 2 is 1.68 bits per heavy atom. The first-order chi connectivity index (χ1) is 11.6. The van der Waals surface area contributed by atoms with Crippen molar-refractivity contribution in [1.82, 2.24) is 0 Å². The third kappa shape index (κ3) is 7.50. The number of carbonyl (C=O) groups excluding carboxylic acids is 3. The highest BCUT2D eigenvalue weighted by molar-refractivity contribution is 5.97. The topological polar surface area (TPSA) is 69.7 Å². The normalized spacial score (nSPS) is 12.4. The number of esters is 2. The minimum absolute atomic E-state index is 0.174. The van der Waals surface area contributed by atoms with Crippen molar-refractivity contribution in [2.75, 3.05) is 6.61 Å². The van der Waals surface area contributed by atoms with Gasteiger partial charge in [-0.3, -0.25) is 9.59 Å². The molecule has 0 radical (unpaired) electrons. The summed E-state index contributed by atoms with van der Waals surface area (Å²) >= 11 is 0. The molecule has 0 saturated heterocycles. The zero-order chi connectivity index (χ0) is 19.0. The van der Waals surface area contributed by atoms with Crippen LogP contribution in [0.2, 0.25) is 0 Å². The SMILES string of the molecule is CCOC(=O)c1ccc(CCCC(C(C)=O)C(=O)OC(C)(C)C)cc1. The molecule has 0 amide bonds. The van der Waals surface area contributed by atoms with Gasteiger partial charge >= 0.3 is 11.9 Å². The van der Waals surface area contributed by atoms with E-state index < -0.39 is 17.5 Å². The number of rotatable bonds is 8. The van der Waals surface area contributed by atoms with Gasteiger partial charge in [0.1, 0.15) is 17.3 Å². The number of benzene rings is 1. The van der Waals surface area contributed by atoms with Crippen LogP contribution >= 0.6 is 0 Å². The standard InChI is InChI=1S/C20H28O5/c1-6-24-18(22)16-12-10-15(11-13-16)8-7-9-17(14(2)21)19(23)25-20(3,4)5/h10-13,17H,6-9H2,1-5H3. The van der Waals surface area contributed by atoms with Crippen LogP contribution < -0.4 is 0 Å². The minimum Gasteiger partial charge on any atom is -0.462 e. The monoisotopic (exact) mass is 348 g/mol. The van der Waals surface area contributed by atoms with Crippen molar-refractivity contribution >= 4 is 17.7 Å². The van der Waals surface area contributed by atoms with E-state index >= 15 is 0 Å². The van der Waals surface area contributed by atoms with E-state index in [1.165, 1.54) is 6.92 Å². The number of ketones is 1. The molecule has 0 spiro atoms. The molecule has 0 saturated carbocycles. The largest absolute Gasteiger partial charge is 0.462 e.